The number of aryl methyl sites for hydroxylation is 1. The van der Waals surface area contributed by atoms with Gasteiger partial charge >= 0.3 is 0 Å². The van der Waals surface area contributed by atoms with E-state index in [0.29, 0.717) is 33.4 Å². The monoisotopic (exact) mass is 293 g/mol. The van der Waals surface area contributed by atoms with Gasteiger partial charge in [-0.05, 0) is 42.8 Å². The molecule has 0 fully saturated rings. The second-order valence-corrected chi connectivity index (χ2v) is 4.93. The Balaban J connectivity index is 1.99. The standard InChI is InChI=1S/C17H12FN3O/c1-10-13-8-12(18)6-7-15(13)20-16(10)17(22)21-14-5-3-2-4-11(14)9-19/h2-8,20H,1H3,(H,21,22). The number of nitrogens with one attached hydrogen (secondary N) is 2. The first kappa shape index (κ1) is 13.8. The predicted octanol–water partition coefficient (Wildman–Crippen LogP) is 3.74. The Labute approximate surface area is 126 Å². The lowest BCUT2D eigenvalue weighted by Crippen LogP contribution is -2.14. The van der Waals surface area contributed by atoms with Crippen LogP contribution in [0.1, 0.15) is 21.6 Å². The maximum Gasteiger partial charge on any atom is 0.272 e. The molecule has 0 bridgehead atoms. The number of aromatic amines is 1. The minimum Gasteiger partial charge on any atom is -0.350 e. The number of anilines is 1. The fourth-order valence-electron chi connectivity index (χ4n) is 2.40. The van der Waals surface area contributed by atoms with Crippen LogP contribution in [0.5, 0.6) is 0 Å². The molecule has 0 saturated heterocycles. The van der Waals surface area contributed by atoms with Gasteiger partial charge in [0.05, 0.1) is 11.3 Å². The number of rotatable bonds is 2. The van der Waals surface area contributed by atoms with E-state index in [2.05, 4.69) is 10.3 Å². The average Bonchev–Trinajstić information content (AvgIpc) is 2.85. The van der Waals surface area contributed by atoms with E-state index in [4.69, 9.17) is 5.26 Å². The van der Waals surface area contributed by atoms with Crippen LogP contribution in [0.15, 0.2) is 42.5 Å². The highest BCUT2D eigenvalue weighted by Crippen LogP contribution is 2.24. The van der Waals surface area contributed by atoms with E-state index < -0.39 is 0 Å². The fourth-order valence-corrected chi connectivity index (χ4v) is 2.40. The summed E-state index contributed by atoms with van der Waals surface area (Å²) in [4.78, 5) is 15.4. The first-order valence-electron chi connectivity index (χ1n) is 6.68. The van der Waals surface area contributed by atoms with Gasteiger partial charge in [0.25, 0.3) is 5.91 Å². The van der Waals surface area contributed by atoms with Crippen LogP contribution in [0.25, 0.3) is 10.9 Å². The molecule has 0 aliphatic carbocycles. The zero-order chi connectivity index (χ0) is 15.7. The number of carbonyl (C=O) groups is 1. The number of H-pyrrole nitrogens is 1. The van der Waals surface area contributed by atoms with Gasteiger partial charge in [-0.3, -0.25) is 4.79 Å². The molecule has 0 unspecified atom stereocenters. The van der Waals surface area contributed by atoms with Gasteiger partial charge in [-0.2, -0.15) is 5.26 Å². The Bertz CT molecular complexity index is 921. The van der Waals surface area contributed by atoms with E-state index in [1.807, 2.05) is 6.07 Å². The van der Waals surface area contributed by atoms with Crippen molar-refractivity contribution in [1.29, 1.82) is 5.26 Å². The van der Waals surface area contributed by atoms with Gasteiger partial charge in [0.15, 0.2) is 0 Å². The Morgan fingerprint density at radius 2 is 2.05 bits per heavy atom. The third-order valence-corrected chi connectivity index (χ3v) is 3.54. The number of nitrogens with zero attached hydrogens (tertiary/aromatic N) is 1. The van der Waals surface area contributed by atoms with Gasteiger partial charge in [-0.15, -0.1) is 0 Å². The molecule has 0 atom stereocenters. The van der Waals surface area contributed by atoms with Gasteiger partial charge in [-0.25, -0.2) is 4.39 Å². The third kappa shape index (κ3) is 2.31. The molecular weight excluding hydrogens is 281 g/mol. The number of carbonyl (C=O) groups excluding carboxylic acids is 1. The van der Waals surface area contributed by atoms with Crippen LogP contribution in [-0.2, 0) is 0 Å². The van der Waals surface area contributed by atoms with Crippen molar-refractivity contribution in [2.75, 3.05) is 5.32 Å². The maximum atomic E-state index is 13.3. The van der Waals surface area contributed by atoms with E-state index in [1.165, 1.54) is 12.1 Å². The summed E-state index contributed by atoms with van der Waals surface area (Å²) in [5.74, 6) is -0.715. The lowest BCUT2D eigenvalue weighted by atomic mass is 10.1. The SMILES string of the molecule is Cc1c(C(=O)Nc2ccccc2C#N)[nH]c2ccc(F)cc12. The first-order valence-corrected chi connectivity index (χ1v) is 6.68. The van der Waals surface area contributed by atoms with E-state index in [1.54, 1.807) is 37.3 Å². The summed E-state index contributed by atoms with van der Waals surface area (Å²) in [7, 11) is 0. The highest BCUT2D eigenvalue weighted by atomic mass is 19.1. The van der Waals surface area contributed by atoms with Crippen LogP contribution in [0, 0.1) is 24.1 Å². The molecule has 2 aromatic carbocycles. The molecule has 1 heterocycles. The minimum atomic E-state index is -0.364. The highest BCUT2D eigenvalue weighted by molar-refractivity contribution is 6.08. The van der Waals surface area contributed by atoms with Crippen LogP contribution in [-0.4, -0.2) is 10.9 Å². The molecular formula is C17H12FN3O. The Kier molecular flexibility index (Phi) is 3.36. The first-order chi connectivity index (χ1) is 10.6. The molecule has 0 spiro atoms. The van der Waals surface area contributed by atoms with Crippen molar-refractivity contribution in [2.45, 2.75) is 6.92 Å². The van der Waals surface area contributed by atoms with Crippen molar-refractivity contribution >= 4 is 22.5 Å². The summed E-state index contributed by atoms with van der Waals surface area (Å²) in [5, 5.41) is 12.4. The van der Waals surface area contributed by atoms with Gasteiger partial charge < -0.3 is 10.3 Å². The van der Waals surface area contributed by atoms with Crippen molar-refractivity contribution in [3.8, 4) is 6.07 Å². The number of para-hydroxylation sites is 1. The maximum absolute atomic E-state index is 13.3. The molecule has 5 heteroatoms. The molecule has 1 aromatic heterocycles. The van der Waals surface area contributed by atoms with Crippen LogP contribution < -0.4 is 5.32 Å². The lowest BCUT2D eigenvalue weighted by Gasteiger charge is -2.06. The molecule has 22 heavy (non-hydrogen) atoms. The topological polar surface area (TPSA) is 68.7 Å². The third-order valence-electron chi connectivity index (χ3n) is 3.54. The Hall–Kier alpha value is -3.13. The van der Waals surface area contributed by atoms with Crippen LogP contribution in [0.3, 0.4) is 0 Å². The normalized spacial score (nSPS) is 10.4. The van der Waals surface area contributed by atoms with E-state index >= 15 is 0 Å². The van der Waals surface area contributed by atoms with Crippen molar-refractivity contribution in [2.24, 2.45) is 0 Å². The van der Waals surface area contributed by atoms with Crippen molar-refractivity contribution in [3.05, 3.63) is 65.1 Å². The summed E-state index contributed by atoms with van der Waals surface area (Å²) < 4.78 is 13.3. The van der Waals surface area contributed by atoms with Gasteiger partial charge in [0.1, 0.15) is 17.6 Å². The van der Waals surface area contributed by atoms with Crippen molar-refractivity contribution < 1.29 is 9.18 Å². The van der Waals surface area contributed by atoms with E-state index in [0.717, 1.165) is 0 Å². The molecule has 3 aromatic rings. The number of halogens is 1. The van der Waals surface area contributed by atoms with Crippen LogP contribution in [0.2, 0.25) is 0 Å². The summed E-state index contributed by atoms with van der Waals surface area (Å²) >= 11 is 0. The molecule has 0 radical (unpaired) electrons. The quantitative estimate of drug-likeness (QED) is 0.755. The fraction of sp³-hybridized carbons (Fsp3) is 0.0588. The number of benzene rings is 2. The summed E-state index contributed by atoms with van der Waals surface area (Å²) in [6.07, 6.45) is 0. The molecule has 1 amide bonds. The predicted molar refractivity (Wildman–Crippen MR) is 82.1 cm³/mol. The Morgan fingerprint density at radius 3 is 2.82 bits per heavy atom. The van der Waals surface area contributed by atoms with Crippen molar-refractivity contribution in [3.63, 3.8) is 0 Å². The van der Waals surface area contributed by atoms with Crippen molar-refractivity contribution in [1.82, 2.24) is 4.98 Å². The number of hydrogen-bond donors (Lipinski definition) is 2. The van der Waals surface area contributed by atoms with Gasteiger partial charge in [-0.1, -0.05) is 12.1 Å². The zero-order valence-electron chi connectivity index (χ0n) is 11.8. The molecule has 4 nitrogen and oxygen atoms in total. The largest absolute Gasteiger partial charge is 0.350 e. The van der Waals surface area contributed by atoms with Gasteiger partial charge in [0, 0.05) is 10.9 Å². The number of aromatic nitrogens is 1. The Morgan fingerprint density at radius 1 is 1.27 bits per heavy atom. The zero-order valence-corrected chi connectivity index (χ0v) is 11.8. The molecule has 0 saturated carbocycles. The second-order valence-electron chi connectivity index (χ2n) is 4.93. The molecule has 2 N–H and O–H groups in total. The molecule has 108 valence electrons. The summed E-state index contributed by atoms with van der Waals surface area (Å²) in [6, 6.07) is 13.1. The minimum absolute atomic E-state index is 0.351. The number of fused-ring (bicyclic) bond motifs is 1. The van der Waals surface area contributed by atoms with E-state index in [9.17, 15) is 9.18 Å². The number of nitriles is 1. The summed E-state index contributed by atoms with van der Waals surface area (Å²) in [6.45, 7) is 1.75. The molecule has 3 rings (SSSR count). The summed E-state index contributed by atoms with van der Waals surface area (Å²) in [5.41, 5.74) is 2.54. The average molecular weight is 293 g/mol. The number of amides is 1. The lowest BCUT2D eigenvalue weighted by molar-refractivity contribution is 0.102. The van der Waals surface area contributed by atoms with E-state index in [-0.39, 0.29) is 11.7 Å². The highest BCUT2D eigenvalue weighted by Gasteiger charge is 2.16. The molecule has 0 aliphatic heterocycles. The second kappa shape index (κ2) is 5.34. The smallest absolute Gasteiger partial charge is 0.272 e. The molecule has 0 aliphatic rings. The van der Waals surface area contributed by atoms with Crippen LogP contribution >= 0.6 is 0 Å². The van der Waals surface area contributed by atoms with Gasteiger partial charge in [0.2, 0.25) is 0 Å². The number of hydrogen-bond acceptors (Lipinski definition) is 2. The van der Waals surface area contributed by atoms with Crippen LogP contribution in [0.4, 0.5) is 10.1 Å².